The van der Waals surface area contributed by atoms with Crippen molar-refractivity contribution < 1.29 is 4.42 Å². The van der Waals surface area contributed by atoms with E-state index in [1.807, 2.05) is 6.07 Å². The molecule has 3 heteroatoms. The maximum absolute atomic E-state index is 5.26. The zero-order chi connectivity index (χ0) is 12.3. The summed E-state index contributed by atoms with van der Waals surface area (Å²) in [5, 5.41) is 0. The van der Waals surface area contributed by atoms with Crippen molar-refractivity contribution in [3.63, 3.8) is 0 Å². The topological polar surface area (TPSA) is 13.1 Å². The molecule has 0 amide bonds. The zero-order valence-corrected chi connectivity index (χ0v) is 12.8. The van der Waals surface area contributed by atoms with Gasteiger partial charge in [0.05, 0.1) is 11.1 Å². The van der Waals surface area contributed by atoms with Crippen LogP contribution in [0.4, 0.5) is 0 Å². The Morgan fingerprint density at radius 2 is 1.88 bits per heavy atom. The molecule has 0 spiro atoms. The highest BCUT2D eigenvalue weighted by atomic mass is 79.9. The lowest BCUT2D eigenvalue weighted by Gasteiger charge is -2.09. The van der Waals surface area contributed by atoms with Crippen molar-refractivity contribution in [2.75, 3.05) is 0 Å². The van der Waals surface area contributed by atoms with Gasteiger partial charge in [-0.15, -0.1) is 0 Å². The van der Waals surface area contributed by atoms with E-state index in [4.69, 9.17) is 4.42 Å². The summed E-state index contributed by atoms with van der Waals surface area (Å²) in [5.74, 6) is 0. The van der Waals surface area contributed by atoms with Crippen LogP contribution in [-0.2, 0) is 6.42 Å². The quantitative estimate of drug-likeness (QED) is 0.660. The van der Waals surface area contributed by atoms with Gasteiger partial charge in [0, 0.05) is 5.56 Å². The fourth-order valence-electron chi connectivity index (χ4n) is 1.81. The van der Waals surface area contributed by atoms with Crippen molar-refractivity contribution in [2.24, 2.45) is 0 Å². The second kappa shape index (κ2) is 5.87. The molecule has 17 heavy (non-hydrogen) atoms. The first-order chi connectivity index (χ1) is 8.22. The maximum atomic E-state index is 5.26. The second-order valence-electron chi connectivity index (χ2n) is 4.00. The Labute approximate surface area is 118 Å². The lowest BCUT2D eigenvalue weighted by atomic mass is 10.0. The first-order valence-electron chi connectivity index (χ1n) is 5.68. The molecule has 1 aromatic carbocycles. The third kappa shape index (κ3) is 3.02. The summed E-state index contributed by atoms with van der Waals surface area (Å²) in [6, 6.07) is 10.7. The number of rotatable bonds is 4. The predicted molar refractivity (Wildman–Crippen MR) is 77.6 cm³/mol. The first kappa shape index (κ1) is 12.9. The van der Waals surface area contributed by atoms with Crippen molar-refractivity contribution in [2.45, 2.75) is 24.6 Å². The smallest absolute Gasteiger partial charge is 0.173 e. The van der Waals surface area contributed by atoms with E-state index >= 15 is 0 Å². The van der Waals surface area contributed by atoms with Crippen LogP contribution < -0.4 is 0 Å². The van der Waals surface area contributed by atoms with Gasteiger partial charge < -0.3 is 4.42 Å². The molecule has 1 aromatic heterocycles. The van der Waals surface area contributed by atoms with E-state index in [2.05, 4.69) is 63.0 Å². The summed E-state index contributed by atoms with van der Waals surface area (Å²) in [4.78, 5) is 0.173. The second-order valence-corrected chi connectivity index (χ2v) is 5.64. The van der Waals surface area contributed by atoms with E-state index in [1.54, 1.807) is 6.26 Å². The largest absolute Gasteiger partial charge is 0.457 e. The summed E-state index contributed by atoms with van der Waals surface area (Å²) in [7, 11) is 0. The molecule has 0 fully saturated rings. The minimum atomic E-state index is 0.173. The molecule has 1 unspecified atom stereocenters. The van der Waals surface area contributed by atoms with E-state index < -0.39 is 0 Å². The van der Waals surface area contributed by atoms with Crippen molar-refractivity contribution >= 4 is 31.9 Å². The van der Waals surface area contributed by atoms with E-state index in [0.717, 1.165) is 16.7 Å². The molecule has 90 valence electrons. The molecule has 1 heterocycles. The van der Waals surface area contributed by atoms with Gasteiger partial charge in [-0.3, -0.25) is 0 Å². The number of hydrogen-bond donors (Lipinski definition) is 0. The molecule has 0 saturated heterocycles. The van der Waals surface area contributed by atoms with Crippen LogP contribution in [0.5, 0.6) is 0 Å². The summed E-state index contributed by atoms with van der Waals surface area (Å²) in [6.45, 7) is 2.20. The summed E-state index contributed by atoms with van der Waals surface area (Å²) < 4.78 is 6.04. The van der Waals surface area contributed by atoms with Crippen LogP contribution in [-0.4, -0.2) is 0 Å². The van der Waals surface area contributed by atoms with Gasteiger partial charge in [0.25, 0.3) is 0 Å². The summed E-state index contributed by atoms with van der Waals surface area (Å²) >= 11 is 7.10. The van der Waals surface area contributed by atoms with Gasteiger partial charge in [-0.2, -0.15) is 0 Å². The highest BCUT2D eigenvalue weighted by Crippen LogP contribution is 2.35. The molecule has 2 rings (SSSR count). The zero-order valence-electron chi connectivity index (χ0n) is 9.62. The molecular weight excluding hydrogens is 344 g/mol. The highest BCUT2D eigenvalue weighted by molar-refractivity contribution is 9.10. The monoisotopic (exact) mass is 356 g/mol. The number of furan rings is 1. The van der Waals surface area contributed by atoms with Crippen molar-refractivity contribution in [1.82, 2.24) is 0 Å². The fraction of sp³-hybridized carbons (Fsp3) is 0.286. The van der Waals surface area contributed by atoms with Gasteiger partial charge in [0.15, 0.2) is 4.67 Å². The molecule has 2 aromatic rings. The normalized spacial score (nSPS) is 12.6. The SMILES string of the molecule is CCCc1ccc(C(Br)c2ccoc2Br)cc1. The summed E-state index contributed by atoms with van der Waals surface area (Å²) in [6.07, 6.45) is 4.02. The minimum absolute atomic E-state index is 0.173. The third-order valence-electron chi connectivity index (χ3n) is 2.73. The van der Waals surface area contributed by atoms with Gasteiger partial charge in [-0.05, 0) is 39.5 Å². The van der Waals surface area contributed by atoms with Crippen LogP contribution in [0, 0.1) is 0 Å². The van der Waals surface area contributed by atoms with E-state index in [0.29, 0.717) is 0 Å². The van der Waals surface area contributed by atoms with Gasteiger partial charge in [0.2, 0.25) is 0 Å². The van der Waals surface area contributed by atoms with E-state index in [9.17, 15) is 0 Å². The molecule has 0 N–H and O–H groups in total. The molecule has 0 saturated carbocycles. The Morgan fingerprint density at radius 3 is 2.41 bits per heavy atom. The van der Waals surface area contributed by atoms with Gasteiger partial charge in [0.1, 0.15) is 0 Å². The number of alkyl halides is 1. The van der Waals surface area contributed by atoms with Crippen LogP contribution in [0.25, 0.3) is 0 Å². The number of benzene rings is 1. The molecule has 1 atom stereocenters. The number of hydrogen-bond acceptors (Lipinski definition) is 1. The van der Waals surface area contributed by atoms with Crippen LogP contribution in [0.2, 0.25) is 0 Å². The van der Waals surface area contributed by atoms with Gasteiger partial charge in [-0.1, -0.05) is 53.5 Å². The Kier molecular flexibility index (Phi) is 4.46. The summed E-state index contributed by atoms with van der Waals surface area (Å²) in [5.41, 5.74) is 3.75. The molecule has 0 aliphatic heterocycles. The molecule has 0 radical (unpaired) electrons. The molecule has 0 bridgehead atoms. The average molecular weight is 358 g/mol. The Morgan fingerprint density at radius 1 is 1.18 bits per heavy atom. The average Bonchev–Trinajstić information content (AvgIpc) is 2.76. The van der Waals surface area contributed by atoms with Crippen molar-refractivity contribution in [1.29, 1.82) is 0 Å². The fourth-order valence-corrected chi connectivity index (χ4v) is 3.25. The molecule has 1 nitrogen and oxygen atoms in total. The predicted octanol–water partition coefficient (Wildman–Crippen LogP) is 5.48. The van der Waals surface area contributed by atoms with Gasteiger partial charge >= 0.3 is 0 Å². The molecular formula is C14H14Br2O. The minimum Gasteiger partial charge on any atom is -0.457 e. The van der Waals surface area contributed by atoms with Crippen LogP contribution in [0.1, 0.15) is 34.9 Å². The molecule has 0 aliphatic rings. The van der Waals surface area contributed by atoms with Crippen LogP contribution in [0.15, 0.2) is 45.7 Å². The Bertz CT molecular complexity index is 473. The maximum Gasteiger partial charge on any atom is 0.173 e. The number of aryl methyl sites for hydroxylation is 1. The lowest BCUT2D eigenvalue weighted by molar-refractivity contribution is 0.537. The van der Waals surface area contributed by atoms with Crippen molar-refractivity contribution in [3.8, 4) is 0 Å². The lowest BCUT2D eigenvalue weighted by Crippen LogP contribution is -1.92. The Balaban J connectivity index is 2.20. The van der Waals surface area contributed by atoms with Gasteiger partial charge in [-0.25, -0.2) is 0 Å². The first-order valence-corrected chi connectivity index (χ1v) is 7.39. The molecule has 0 aliphatic carbocycles. The van der Waals surface area contributed by atoms with Crippen LogP contribution >= 0.6 is 31.9 Å². The highest BCUT2D eigenvalue weighted by Gasteiger charge is 2.15. The van der Waals surface area contributed by atoms with E-state index in [-0.39, 0.29) is 4.83 Å². The van der Waals surface area contributed by atoms with Crippen LogP contribution in [0.3, 0.4) is 0 Å². The number of halogens is 2. The van der Waals surface area contributed by atoms with E-state index in [1.165, 1.54) is 17.5 Å². The standard InChI is InChI=1S/C14H14Br2O/c1-2-3-10-4-6-11(7-5-10)13(15)12-8-9-17-14(12)16/h4-9,13H,2-3H2,1H3. The van der Waals surface area contributed by atoms with Crippen molar-refractivity contribution in [3.05, 3.63) is 58.0 Å². The Hall–Kier alpha value is -0.540. The third-order valence-corrected chi connectivity index (χ3v) is 4.40.